The maximum absolute atomic E-state index is 11.9. The van der Waals surface area contributed by atoms with Gasteiger partial charge < -0.3 is 5.32 Å². The molecule has 1 amide bonds. The molecule has 1 atom stereocenters. The fourth-order valence-corrected chi connectivity index (χ4v) is 4.20. The van der Waals surface area contributed by atoms with Crippen molar-refractivity contribution >= 4 is 46.7 Å². The SMILES string of the molecule is CCCCCC(NNC(=O)CCS)Nc1cc(Cl)cc2nc3c(cc12)CCCC3. The van der Waals surface area contributed by atoms with Crippen LogP contribution >= 0.6 is 24.2 Å². The fraction of sp³-hybridized carbons (Fsp3) is 0.545. The average Bonchev–Trinajstić information content (AvgIpc) is 2.71. The number of hydrogen-bond donors (Lipinski definition) is 4. The predicted octanol–water partition coefficient (Wildman–Crippen LogP) is 5.03. The van der Waals surface area contributed by atoms with Crippen molar-refractivity contribution in [3.8, 4) is 0 Å². The number of unbranched alkanes of at least 4 members (excludes halogenated alkanes) is 2. The fourth-order valence-electron chi connectivity index (χ4n) is 3.78. The lowest BCUT2D eigenvalue weighted by molar-refractivity contribution is -0.121. The van der Waals surface area contributed by atoms with Crippen molar-refractivity contribution in [3.05, 3.63) is 34.5 Å². The summed E-state index contributed by atoms with van der Waals surface area (Å²) in [7, 11) is 0. The number of fused-ring (bicyclic) bond motifs is 2. The summed E-state index contributed by atoms with van der Waals surface area (Å²) >= 11 is 10.5. The molecule has 0 spiro atoms. The molecule has 29 heavy (non-hydrogen) atoms. The van der Waals surface area contributed by atoms with Crippen LogP contribution in [0.15, 0.2) is 18.2 Å². The monoisotopic (exact) mass is 434 g/mol. The Balaban J connectivity index is 1.83. The quantitative estimate of drug-likeness (QED) is 0.183. The number of benzene rings is 1. The van der Waals surface area contributed by atoms with Crippen molar-refractivity contribution in [3.63, 3.8) is 0 Å². The number of amides is 1. The van der Waals surface area contributed by atoms with Gasteiger partial charge in [-0.15, -0.1) is 0 Å². The van der Waals surface area contributed by atoms with E-state index in [1.165, 1.54) is 24.1 Å². The topological polar surface area (TPSA) is 66.0 Å². The van der Waals surface area contributed by atoms with Gasteiger partial charge in [0.1, 0.15) is 0 Å². The lowest BCUT2D eigenvalue weighted by atomic mass is 9.94. The van der Waals surface area contributed by atoms with Crippen LogP contribution in [0, 0.1) is 0 Å². The highest BCUT2D eigenvalue weighted by atomic mass is 35.5. The van der Waals surface area contributed by atoms with Gasteiger partial charge in [-0.1, -0.05) is 37.8 Å². The Morgan fingerprint density at radius 3 is 2.86 bits per heavy atom. The van der Waals surface area contributed by atoms with Crippen LogP contribution in [-0.4, -0.2) is 22.8 Å². The second kappa shape index (κ2) is 11.0. The van der Waals surface area contributed by atoms with E-state index in [9.17, 15) is 4.79 Å². The number of anilines is 1. The standard InChI is InChI=1S/C22H31ClN4OS/c1-2-3-4-9-21(26-27-22(28)10-11-29)25-20-14-16(23)13-19-17(20)12-15-7-5-6-8-18(15)24-19/h12-14,21,25-26,29H,2-11H2,1H3,(H,27,28). The van der Waals surface area contributed by atoms with E-state index >= 15 is 0 Å². The van der Waals surface area contributed by atoms with Crippen LogP contribution in [0.3, 0.4) is 0 Å². The molecular weight excluding hydrogens is 404 g/mol. The first-order chi connectivity index (χ1) is 14.1. The van der Waals surface area contributed by atoms with Crippen LogP contribution in [0.25, 0.3) is 10.9 Å². The van der Waals surface area contributed by atoms with Gasteiger partial charge in [-0.3, -0.25) is 15.2 Å². The lowest BCUT2D eigenvalue weighted by Crippen LogP contribution is -2.48. The summed E-state index contributed by atoms with van der Waals surface area (Å²) in [5.41, 5.74) is 10.4. The molecule has 1 heterocycles. The van der Waals surface area contributed by atoms with Gasteiger partial charge in [-0.25, -0.2) is 5.43 Å². The molecule has 1 aromatic heterocycles. The van der Waals surface area contributed by atoms with E-state index in [0.29, 0.717) is 17.2 Å². The van der Waals surface area contributed by atoms with Gasteiger partial charge >= 0.3 is 0 Å². The second-order valence-electron chi connectivity index (χ2n) is 7.68. The molecule has 1 aromatic carbocycles. The van der Waals surface area contributed by atoms with Crippen LogP contribution in [0.2, 0.25) is 5.02 Å². The van der Waals surface area contributed by atoms with Gasteiger partial charge in [0, 0.05) is 28.2 Å². The van der Waals surface area contributed by atoms with Crippen LogP contribution in [0.5, 0.6) is 0 Å². The molecule has 0 saturated carbocycles. The molecule has 1 aliphatic rings. The third kappa shape index (κ3) is 6.24. The van der Waals surface area contributed by atoms with E-state index in [1.54, 1.807) is 0 Å². The predicted molar refractivity (Wildman–Crippen MR) is 125 cm³/mol. The van der Waals surface area contributed by atoms with Crippen LogP contribution in [0.4, 0.5) is 5.69 Å². The van der Waals surface area contributed by atoms with Crippen LogP contribution in [0.1, 0.15) is 63.1 Å². The van der Waals surface area contributed by atoms with Crippen molar-refractivity contribution < 1.29 is 4.79 Å². The molecule has 3 N–H and O–H groups in total. The molecule has 0 fully saturated rings. The minimum atomic E-state index is -0.0943. The zero-order valence-electron chi connectivity index (χ0n) is 17.1. The van der Waals surface area contributed by atoms with E-state index in [4.69, 9.17) is 16.6 Å². The highest BCUT2D eigenvalue weighted by Crippen LogP contribution is 2.31. The number of hydrogen-bond acceptors (Lipinski definition) is 5. The Morgan fingerprint density at radius 1 is 1.24 bits per heavy atom. The molecule has 0 radical (unpaired) electrons. The molecule has 1 unspecified atom stereocenters. The lowest BCUT2D eigenvalue weighted by Gasteiger charge is -2.24. The summed E-state index contributed by atoms with van der Waals surface area (Å²) in [6.45, 7) is 2.18. The molecule has 3 rings (SSSR count). The highest BCUT2D eigenvalue weighted by Gasteiger charge is 2.16. The summed E-state index contributed by atoms with van der Waals surface area (Å²) in [5, 5.41) is 5.30. The van der Waals surface area contributed by atoms with Crippen molar-refractivity contribution in [2.75, 3.05) is 11.1 Å². The van der Waals surface area contributed by atoms with Gasteiger partial charge in [0.15, 0.2) is 0 Å². The number of nitrogens with zero attached hydrogens (tertiary/aromatic N) is 1. The maximum Gasteiger partial charge on any atom is 0.234 e. The Hall–Kier alpha value is -1.50. The van der Waals surface area contributed by atoms with Gasteiger partial charge in [0.2, 0.25) is 5.91 Å². The minimum absolute atomic E-state index is 0.0611. The van der Waals surface area contributed by atoms with E-state index in [0.717, 1.165) is 55.1 Å². The third-order valence-corrected chi connectivity index (χ3v) is 5.77. The molecule has 0 aliphatic heterocycles. The van der Waals surface area contributed by atoms with Crippen LogP contribution in [-0.2, 0) is 17.6 Å². The number of carbonyl (C=O) groups excluding carboxylic acids is 1. The van der Waals surface area contributed by atoms with Gasteiger partial charge in [-0.2, -0.15) is 12.6 Å². The largest absolute Gasteiger partial charge is 0.368 e. The molecular formula is C22H31ClN4OS. The maximum atomic E-state index is 11.9. The Labute approximate surface area is 183 Å². The third-order valence-electron chi connectivity index (χ3n) is 5.33. The van der Waals surface area contributed by atoms with Gasteiger partial charge in [0.05, 0.1) is 11.7 Å². The number of halogens is 1. The van der Waals surface area contributed by atoms with Crippen molar-refractivity contribution in [1.29, 1.82) is 0 Å². The zero-order valence-corrected chi connectivity index (χ0v) is 18.7. The summed E-state index contributed by atoms with van der Waals surface area (Å²) in [4.78, 5) is 16.8. The summed E-state index contributed by atoms with van der Waals surface area (Å²) in [6, 6.07) is 6.15. The first-order valence-corrected chi connectivity index (χ1v) is 11.7. The highest BCUT2D eigenvalue weighted by molar-refractivity contribution is 7.80. The van der Waals surface area contributed by atoms with E-state index in [2.05, 4.69) is 41.8 Å². The zero-order chi connectivity index (χ0) is 20.6. The van der Waals surface area contributed by atoms with E-state index < -0.39 is 0 Å². The first-order valence-electron chi connectivity index (χ1n) is 10.6. The van der Waals surface area contributed by atoms with Gasteiger partial charge in [-0.05, 0) is 61.6 Å². The average molecular weight is 435 g/mol. The molecule has 0 saturated heterocycles. The number of aromatic nitrogens is 1. The summed E-state index contributed by atoms with van der Waals surface area (Å²) in [5.74, 6) is 0.464. The Bertz CT molecular complexity index is 845. The number of nitrogens with one attached hydrogen (secondary N) is 3. The van der Waals surface area contributed by atoms with E-state index in [-0.39, 0.29) is 12.1 Å². The molecule has 5 nitrogen and oxygen atoms in total. The van der Waals surface area contributed by atoms with E-state index in [1.807, 2.05) is 12.1 Å². The number of rotatable bonds is 10. The summed E-state index contributed by atoms with van der Waals surface area (Å²) < 4.78 is 0. The van der Waals surface area contributed by atoms with Crippen molar-refractivity contribution in [1.82, 2.24) is 15.8 Å². The molecule has 1 aliphatic carbocycles. The van der Waals surface area contributed by atoms with Gasteiger partial charge in [0.25, 0.3) is 0 Å². The Morgan fingerprint density at radius 2 is 2.07 bits per heavy atom. The number of carbonyl (C=O) groups is 1. The number of pyridine rings is 1. The molecule has 0 bridgehead atoms. The Kier molecular flexibility index (Phi) is 8.45. The minimum Gasteiger partial charge on any atom is -0.368 e. The molecule has 7 heteroatoms. The van der Waals surface area contributed by atoms with Crippen molar-refractivity contribution in [2.24, 2.45) is 0 Å². The van der Waals surface area contributed by atoms with Crippen LogP contribution < -0.4 is 16.2 Å². The molecule has 158 valence electrons. The first kappa shape index (κ1) is 22.2. The second-order valence-corrected chi connectivity index (χ2v) is 8.56. The molecule has 2 aromatic rings. The number of aryl methyl sites for hydroxylation is 2. The number of hydrazine groups is 1. The summed E-state index contributed by atoms with van der Waals surface area (Å²) in [6.07, 6.45) is 9.08. The normalized spacial score (nSPS) is 14.4. The smallest absolute Gasteiger partial charge is 0.234 e. The van der Waals surface area contributed by atoms with Crippen molar-refractivity contribution in [2.45, 2.75) is 70.9 Å². The number of thiol groups is 1.